The SMILES string of the molecule is COc1cc(CNCC(C)C)cc(OC)c1OCC(F)F. The summed E-state index contributed by atoms with van der Waals surface area (Å²) in [5.41, 5.74) is 0.939. The molecule has 0 aliphatic rings. The Bertz CT molecular complexity index is 414. The fourth-order valence-electron chi connectivity index (χ4n) is 1.83. The standard InChI is InChI=1S/C15H23F2NO3/c1-10(2)7-18-8-11-5-12(19-3)15(13(6-11)20-4)21-9-14(16)17/h5-6,10,14,18H,7-9H2,1-4H3. The summed E-state index contributed by atoms with van der Waals surface area (Å²) >= 11 is 0. The molecule has 0 spiro atoms. The summed E-state index contributed by atoms with van der Waals surface area (Å²) in [7, 11) is 2.94. The Kier molecular flexibility index (Phi) is 7.22. The average Bonchev–Trinajstić information content (AvgIpc) is 2.44. The molecule has 0 saturated carbocycles. The van der Waals surface area contributed by atoms with Gasteiger partial charge in [-0.25, -0.2) is 8.78 Å². The lowest BCUT2D eigenvalue weighted by Gasteiger charge is -2.16. The molecular weight excluding hydrogens is 280 g/mol. The predicted molar refractivity (Wildman–Crippen MR) is 77.6 cm³/mol. The lowest BCUT2D eigenvalue weighted by atomic mass is 10.1. The Morgan fingerprint density at radius 1 is 1.10 bits per heavy atom. The quantitative estimate of drug-likeness (QED) is 0.761. The molecule has 1 rings (SSSR count). The number of hydrogen-bond acceptors (Lipinski definition) is 4. The molecule has 1 aromatic rings. The third-order valence-corrected chi connectivity index (χ3v) is 2.76. The zero-order chi connectivity index (χ0) is 15.8. The minimum absolute atomic E-state index is 0.202. The highest BCUT2D eigenvalue weighted by atomic mass is 19.3. The minimum Gasteiger partial charge on any atom is -0.493 e. The summed E-state index contributed by atoms with van der Waals surface area (Å²) in [4.78, 5) is 0. The van der Waals surface area contributed by atoms with E-state index in [4.69, 9.17) is 14.2 Å². The number of methoxy groups -OCH3 is 2. The first-order valence-electron chi connectivity index (χ1n) is 6.84. The third kappa shape index (κ3) is 5.75. The van der Waals surface area contributed by atoms with E-state index in [9.17, 15) is 8.78 Å². The first kappa shape index (κ1) is 17.5. The van der Waals surface area contributed by atoms with Gasteiger partial charge in [0.1, 0.15) is 6.61 Å². The van der Waals surface area contributed by atoms with Crippen molar-refractivity contribution in [3.8, 4) is 17.2 Å². The van der Waals surface area contributed by atoms with Crippen molar-refractivity contribution in [2.24, 2.45) is 5.92 Å². The van der Waals surface area contributed by atoms with Gasteiger partial charge in [-0.1, -0.05) is 13.8 Å². The van der Waals surface area contributed by atoms with Gasteiger partial charge >= 0.3 is 0 Å². The summed E-state index contributed by atoms with van der Waals surface area (Å²) in [5.74, 6) is 1.52. The second-order valence-corrected chi connectivity index (χ2v) is 5.06. The van der Waals surface area contributed by atoms with Gasteiger partial charge in [0.05, 0.1) is 14.2 Å². The molecule has 0 fully saturated rings. The molecular formula is C15H23F2NO3. The minimum atomic E-state index is -2.55. The van der Waals surface area contributed by atoms with Gasteiger partial charge in [0.15, 0.2) is 11.5 Å². The number of alkyl halides is 2. The molecule has 0 atom stereocenters. The van der Waals surface area contributed by atoms with Crippen LogP contribution in [0.3, 0.4) is 0 Å². The molecule has 0 aliphatic carbocycles. The van der Waals surface area contributed by atoms with Crippen LogP contribution in [-0.4, -0.2) is 33.8 Å². The first-order valence-corrected chi connectivity index (χ1v) is 6.84. The Morgan fingerprint density at radius 2 is 1.67 bits per heavy atom. The predicted octanol–water partition coefficient (Wildman–Crippen LogP) is 3.09. The Morgan fingerprint density at radius 3 is 2.10 bits per heavy atom. The van der Waals surface area contributed by atoms with Crippen molar-refractivity contribution in [2.45, 2.75) is 26.8 Å². The first-order chi connectivity index (χ1) is 9.97. The van der Waals surface area contributed by atoms with E-state index in [0.717, 1.165) is 12.1 Å². The maximum atomic E-state index is 12.3. The molecule has 0 radical (unpaired) electrons. The van der Waals surface area contributed by atoms with Crippen molar-refractivity contribution in [1.29, 1.82) is 0 Å². The number of hydrogen-bond donors (Lipinski definition) is 1. The van der Waals surface area contributed by atoms with E-state index in [1.165, 1.54) is 14.2 Å². The van der Waals surface area contributed by atoms with Gasteiger partial charge in [0.2, 0.25) is 5.75 Å². The highest BCUT2D eigenvalue weighted by molar-refractivity contribution is 5.53. The van der Waals surface area contributed by atoms with Gasteiger partial charge in [-0.05, 0) is 30.2 Å². The zero-order valence-electron chi connectivity index (χ0n) is 12.9. The molecule has 0 saturated heterocycles. The number of benzene rings is 1. The van der Waals surface area contributed by atoms with Crippen LogP contribution < -0.4 is 19.5 Å². The van der Waals surface area contributed by atoms with Gasteiger partial charge in [-0.3, -0.25) is 0 Å². The Hall–Kier alpha value is -1.56. The van der Waals surface area contributed by atoms with E-state index in [0.29, 0.717) is 24.0 Å². The number of halogens is 2. The van der Waals surface area contributed by atoms with Crippen LogP contribution in [0.25, 0.3) is 0 Å². The van der Waals surface area contributed by atoms with Crippen LogP contribution in [0.4, 0.5) is 8.78 Å². The smallest absolute Gasteiger partial charge is 0.272 e. The molecule has 0 heterocycles. The van der Waals surface area contributed by atoms with Crippen molar-refractivity contribution in [2.75, 3.05) is 27.4 Å². The topological polar surface area (TPSA) is 39.7 Å². The molecule has 21 heavy (non-hydrogen) atoms. The summed E-state index contributed by atoms with van der Waals surface area (Å²) in [5, 5.41) is 3.30. The van der Waals surface area contributed by atoms with Crippen molar-refractivity contribution in [1.82, 2.24) is 5.32 Å². The van der Waals surface area contributed by atoms with Gasteiger partial charge in [0.25, 0.3) is 6.43 Å². The molecule has 120 valence electrons. The Balaban J connectivity index is 2.89. The van der Waals surface area contributed by atoms with E-state index in [1.54, 1.807) is 12.1 Å². The highest BCUT2D eigenvalue weighted by Gasteiger charge is 2.16. The number of nitrogens with one attached hydrogen (secondary N) is 1. The van der Waals surface area contributed by atoms with Crippen molar-refractivity contribution in [3.05, 3.63) is 17.7 Å². The molecule has 0 amide bonds. The van der Waals surface area contributed by atoms with Crippen LogP contribution in [0.2, 0.25) is 0 Å². The second-order valence-electron chi connectivity index (χ2n) is 5.06. The molecule has 0 bridgehead atoms. The van der Waals surface area contributed by atoms with Crippen molar-refractivity contribution in [3.63, 3.8) is 0 Å². The van der Waals surface area contributed by atoms with Gasteiger partial charge in [-0.15, -0.1) is 0 Å². The van der Waals surface area contributed by atoms with Crippen LogP contribution in [-0.2, 0) is 6.54 Å². The van der Waals surface area contributed by atoms with Crippen LogP contribution >= 0.6 is 0 Å². The Labute approximate surface area is 124 Å². The highest BCUT2D eigenvalue weighted by Crippen LogP contribution is 2.38. The summed E-state index contributed by atoms with van der Waals surface area (Å²) in [6, 6.07) is 3.52. The fourth-order valence-corrected chi connectivity index (χ4v) is 1.83. The van der Waals surface area contributed by atoms with E-state index < -0.39 is 13.0 Å². The second kappa shape index (κ2) is 8.67. The third-order valence-electron chi connectivity index (χ3n) is 2.76. The monoisotopic (exact) mass is 303 g/mol. The summed E-state index contributed by atoms with van der Waals surface area (Å²) in [6.07, 6.45) is -2.55. The lowest BCUT2D eigenvalue weighted by Crippen LogP contribution is -2.19. The number of ether oxygens (including phenoxy) is 3. The van der Waals surface area contributed by atoms with Crippen LogP contribution in [0.1, 0.15) is 19.4 Å². The van der Waals surface area contributed by atoms with E-state index in [-0.39, 0.29) is 5.75 Å². The molecule has 0 aromatic heterocycles. The van der Waals surface area contributed by atoms with Gasteiger partial charge < -0.3 is 19.5 Å². The van der Waals surface area contributed by atoms with E-state index in [2.05, 4.69) is 19.2 Å². The zero-order valence-corrected chi connectivity index (χ0v) is 12.9. The van der Waals surface area contributed by atoms with Crippen LogP contribution in [0.5, 0.6) is 17.2 Å². The fraction of sp³-hybridized carbons (Fsp3) is 0.600. The summed E-state index contributed by atoms with van der Waals surface area (Å²) < 4.78 is 40.1. The maximum absolute atomic E-state index is 12.3. The number of rotatable bonds is 9. The molecule has 0 unspecified atom stereocenters. The van der Waals surface area contributed by atoms with Crippen molar-refractivity contribution >= 4 is 0 Å². The molecule has 1 N–H and O–H groups in total. The van der Waals surface area contributed by atoms with E-state index in [1.807, 2.05) is 0 Å². The van der Waals surface area contributed by atoms with Gasteiger partial charge in [-0.2, -0.15) is 0 Å². The normalized spacial score (nSPS) is 11.0. The largest absolute Gasteiger partial charge is 0.493 e. The van der Waals surface area contributed by atoms with Crippen LogP contribution in [0.15, 0.2) is 12.1 Å². The maximum Gasteiger partial charge on any atom is 0.272 e. The molecule has 6 heteroatoms. The van der Waals surface area contributed by atoms with Crippen LogP contribution in [0, 0.1) is 5.92 Å². The van der Waals surface area contributed by atoms with Gasteiger partial charge in [0, 0.05) is 6.54 Å². The average molecular weight is 303 g/mol. The molecule has 1 aromatic carbocycles. The van der Waals surface area contributed by atoms with E-state index >= 15 is 0 Å². The summed E-state index contributed by atoms with van der Waals surface area (Å²) in [6.45, 7) is 5.07. The lowest BCUT2D eigenvalue weighted by molar-refractivity contribution is 0.0789. The molecule has 0 aliphatic heterocycles. The van der Waals surface area contributed by atoms with Crippen molar-refractivity contribution < 1.29 is 23.0 Å². The molecule has 4 nitrogen and oxygen atoms in total.